The second-order valence-electron chi connectivity index (χ2n) is 8.36. The molecule has 0 bridgehead atoms. The van der Waals surface area contributed by atoms with Crippen LogP contribution in [-0.4, -0.2) is 99.1 Å². The molecule has 3 heterocycles. The van der Waals surface area contributed by atoms with Crippen molar-refractivity contribution in [3.63, 3.8) is 0 Å². The number of carbonyl (C=O) groups excluding carboxylic acids is 1. The fourth-order valence-corrected chi connectivity index (χ4v) is 6.49. The molecule has 3 saturated heterocycles. The number of morpholine rings is 1. The van der Waals surface area contributed by atoms with Crippen LogP contribution in [0.1, 0.15) is 19.3 Å². The van der Waals surface area contributed by atoms with Gasteiger partial charge in [0.15, 0.2) is 0 Å². The molecule has 0 radical (unpaired) electrons. The van der Waals surface area contributed by atoms with Gasteiger partial charge in [-0.05, 0) is 31.0 Å². The molecule has 1 aromatic rings. The van der Waals surface area contributed by atoms with E-state index < -0.39 is 28.3 Å². The molecule has 3 aliphatic heterocycles. The highest BCUT2D eigenvalue weighted by atomic mass is 35.5. The van der Waals surface area contributed by atoms with Crippen molar-refractivity contribution in [2.24, 2.45) is 0 Å². The molecule has 1 aromatic carbocycles. The lowest BCUT2D eigenvalue weighted by atomic mass is 9.96. The fraction of sp³-hybridized carbons (Fsp3) is 0.667. The molecule has 3 aliphatic rings. The predicted molar refractivity (Wildman–Crippen MR) is 116 cm³/mol. The number of halogens is 1. The third kappa shape index (κ3) is 5.44. The van der Waals surface area contributed by atoms with Gasteiger partial charge >= 0.3 is 0 Å². The summed E-state index contributed by atoms with van der Waals surface area (Å²) in [6, 6.07) is 5.58. The van der Waals surface area contributed by atoms with E-state index in [1.807, 2.05) is 0 Å². The van der Waals surface area contributed by atoms with E-state index in [4.69, 9.17) is 25.8 Å². The molecule has 0 aliphatic carbocycles. The quantitative estimate of drug-likeness (QED) is 0.670. The van der Waals surface area contributed by atoms with E-state index in [9.17, 15) is 18.3 Å². The Hall–Kier alpha value is -1.27. The van der Waals surface area contributed by atoms with Gasteiger partial charge in [-0.3, -0.25) is 4.79 Å². The number of rotatable bonds is 4. The van der Waals surface area contributed by atoms with Crippen LogP contribution >= 0.6 is 11.6 Å². The smallest absolute Gasteiger partial charge is 0.243 e. The monoisotopic (exact) mass is 488 g/mol. The Balaban J connectivity index is 1.50. The van der Waals surface area contributed by atoms with E-state index >= 15 is 0 Å². The number of hydrogen-bond donors (Lipinski definition) is 1. The lowest BCUT2D eigenvalue weighted by Crippen LogP contribution is -2.57. The van der Waals surface area contributed by atoms with Crippen molar-refractivity contribution in [1.29, 1.82) is 0 Å². The summed E-state index contributed by atoms with van der Waals surface area (Å²) in [6.07, 6.45) is -0.517. The number of hydrogen-bond acceptors (Lipinski definition) is 7. The van der Waals surface area contributed by atoms with Gasteiger partial charge < -0.3 is 24.2 Å². The zero-order chi connectivity index (χ0) is 22.7. The van der Waals surface area contributed by atoms with Gasteiger partial charge in [-0.2, -0.15) is 4.31 Å². The summed E-state index contributed by atoms with van der Waals surface area (Å²) in [4.78, 5) is 14.5. The van der Waals surface area contributed by atoms with Crippen molar-refractivity contribution in [2.45, 2.75) is 48.5 Å². The minimum Gasteiger partial charge on any atom is -0.389 e. The number of amides is 1. The molecular weight excluding hydrogens is 460 g/mol. The van der Waals surface area contributed by atoms with E-state index in [1.54, 1.807) is 17.0 Å². The number of benzene rings is 1. The summed E-state index contributed by atoms with van der Waals surface area (Å²) < 4.78 is 45.3. The average Bonchev–Trinajstić information content (AvgIpc) is 2.77. The molecule has 178 valence electrons. The zero-order valence-electron chi connectivity index (χ0n) is 17.8. The van der Waals surface area contributed by atoms with Gasteiger partial charge in [0.25, 0.3) is 0 Å². The Morgan fingerprint density at radius 2 is 1.94 bits per heavy atom. The first-order chi connectivity index (χ1) is 15.3. The third-order valence-corrected chi connectivity index (χ3v) is 8.22. The SMILES string of the molecule is O=C(C[C@@H]1CC[C@@H]2[C@H](COC[C@@H](O)CN2S(=O)(=O)c2cccc(Cl)c2)O1)N1CCOCC1. The lowest BCUT2D eigenvalue weighted by molar-refractivity contribution is -0.153. The van der Waals surface area contributed by atoms with Crippen LogP contribution < -0.4 is 0 Å². The number of aliphatic hydroxyl groups excluding tert-OH is 1. The van der Waals surface area contributed by atoms with Crippen molar-refractivity contribution in [3.8, 4) is 0 Å². The van der Waals surface area contributed by atoms with Crippen LogP contribution in [0, 0.1) is 0 Å². The summed E-state index contributed by atoms with van der Waals surface area (Å²) >= 11 is 6.03. The summed E-state index contributed by atoms with van der Waals surface area (Å²) in [5.41, 5.74) is 0. The maximum absolute atomic E-state index is 13.5. The van der Waals surface area contributed by atoms with Crippen molar-refractivity contribution in [3.05, 3.63) is 29.3 Å². The standard InChI is InChI=1S/C21H29ClN2O7S/c22-15-2-1-3-18(10-15)32(27,28)24-12-16(25)13-30-14-20-19(24)5-4-17(31-20)11-21(26)23-6-8-29-9-7-23/h1-3,10,16-17,19-20,25H,4-9,11-14H2/t16-,17-,19+,20-/m0/s1. The second kappa shape index (κ2) is 10.3. The van der Waals surface area contributed by atoms with Gasteiger partial charge in [0.1, 0.15) is 0 Å². The van der Waals surface area contributed by atoms with E-state index in [1.165, 1.54) is 16.4 Å². The molecule has 3 fully saturated rings. The molecule has 4 rings (SSSR count). The molecule has 0 unspecified atom stereocenters. The Labute approximate surface area is 193 Å². The fourth-order valence-electron chi connectivity index (χ4n) is 4.47. The molecule has 1 N–H and O–H groups in total. The molecule has 0 spiro atoms. The second-order valence-corrected chi connectivity index (χ2v) is 10.7. The highest BCUT2D eigenvalue weighted by molar-refractivity contribution is 7.89. The molecule has 9 nitrogen and oxygen atoms in total. The molecule has 4 atom stereocenters. The molecule has 0 saturated carbocycles. The minimum absolute atomic E-state index is 0.00548. The topological polar surface area (TPSA) is 106 Å². The first-order valence-electron chi connectivity index (χ1n) is 10.9. The maximum atomic E-state index is 13.5. The highest BCUT2D eigenvalue weighted by Crippen LogP contribution is 2.32. The van der Waals surface area contributed by atoms with E-state index in [-0.39, 0.29) is 43.1 Å². The zero-order valence-corrected chi connectivity index (χ0v) is 19.3. The van der Waals surface area contributed by atoms with Gasteiger partial charge in [0.05, 0.1) is 62.1 Å². The van der Waals surface area contributed by atoms with E-state index in [0.29, 0.717) is 44.2 Å². The number of nitrogens with zero attached hydrogens (tertiary/aromatic N) is 2. The minimum atomic E-state index is -3.92. The number of ether oxygens (including phenoxy) is 3. The van der Waals surface area contributed by atoms with E-state index in [0.717, 1.165) is 0 Å². The third-order valence-electron chi connectivity index (χ3n) is 6.10. The van der Waals surface area contributed by atoms with E-state index in [2.05, 4.69) is 0 Å². The highest BCUT2D eigenvalue weighted by Gasteiger charge is 2.43. The summed E-state index contributed by atoms with van der Waals surface area (Å²) in [5.74, 6) is 0.0161. The van der Waals surface area contributed by atoms with Crippen LogP contribution in [0.2, 0.25) is 5.02 Å². The number of aliphatic hydroxyl groups is 1. The molecule has 11 heteroatoms. The molecular formula is C21H29ClN2O7S. The van der Waals surface area contributed by atoms with Gasteiger partial charge in [0.2, 0.25) is 15.9 Å². The number of β-amino-alcohol motifs (C(OH)–C–C–N with tert-alkyl or cyclic N) is 1. The number of fused-ring (bicyclic) bond motifs is 1. The first-order valence-corrected chi connectivity index (χ1v) is 12.7. The van der Waals surface area contributed by atoms with Crippen molar-refractivity contribution < 1.29 is 32.5 Å². The largest absolute Gasteiger partial charge is 0.389 e. The van der Waals surface area contributed by atoms with Crippen LogP contribution in [-0.2, 0) is 29.0 Å². The Morgan fingerprint density at radius 1 is 1.16 bits per heavy atom. The molecule has 0 aromatic heterocycles. The Morgan fingerprint density at radius 3 is 2.69 bits per heavy atom. The van der Waals surface area contributed by atoms with Crippen molar-refractivity contribution >= 4 is 27.5 Å². The molecule has 1 amide bonds. The van der Waals surface area contributed by atoms with Crippen molar-refractivity contribution in [2.75, 3.05) is 46.1 Å². The van der Waals surface area contributed by atoms with Crippen LogP contribution in [0.3, 0.4) is 0 Å². The van der Waals surface area contributed by atoms with Gasteiger partial charge in [0, 0.05) is 24.7 Å². The molecule has 32 heavy (non-hydrogen) atoms. The van der Waals surface area contributed by atoms with Crippen LogP contribution in [0.15, 0.2) is 29.2 Å². The Kier molecular flexibility index (Phi) is 7.71. The number of sulfonamides is 1. The summed E-state index contributed by atoms with van der Waals surface area (Å²) in [7, 11) is -3.92. The van der Waals surface area contributed by atoms with Crippen LogP contribution in [0.4, 0.5) is 0 Å². The van der Waals surface area contributed by atoms with Crippen molar-refractivity contribution in [1.82, 2.24) is 9.21 Å². The van der Waals surface area contributed by atoms with Crippen LogP contribution in [0.25, 0.3) is 0 Å². The maximum Gasteiger partial charge on any atom is 0.243 e. The van der Waals surface area contributed by atoms with Gasteiger partial charge in [-0.15, -0.1) is 0 Å². The number of carbonyl (C=O) groups is 1. The first kappa shape index (κ1) is 23.9. The van der Waals surface area contributed by atoms with Crippen LogP contribution in [0.5, 0.6) is 0 Å². The summed E-state index contributed by atoms with van der Waals surface area (Å²) in [5, 5.41) is 10.6. The normalized spacial score (nSPS) is 30.2. The Bertz CT molecular complexity index is 909. The van der Waals surface area contributed by atoms with Gasteiger partial charge in [-0.1, -0.05) is 17.7 Å². The summed E-state index contributed by atoms with van der Waals surface area (Å²) in [6.45, 7) is 2.27. The predicted octanol–water partition coefficient (Wildman–Crippen LogP) is 0.887. The van der Waals surface area contributed by atoms with Gasteiger partial charge in [-0.25, -0.2) is 8.42 Å². The average molecular weight is 489 g/mol. The lowest BCUT2D eigenvalue weighted by Gasteiger charge is -2.43.